The Balaban J connectivity index is 1.79. The predicted octanol–water partition coefficient (Wildman–Crippen LogP) is 2.58. The number of rotatable bonds is 6. The van der Waals surface area contributed by atoms with Crippen LogP contribution in [0.15, 0.2) is 24.3 Å². The molecule has 0 aromatic heterocycles. The second-order valence-electron chi connectivity index (χ2n) is 6.16. The monoisotopic (exact) mass is 290 g/mol. The molecular weight excluding hydrogens is 264 g/mol. The number of nitrogens with two attached hydrogens (primary N) is 1. The molecule has 3 N–H and O–H groups in total. The lowest BCUT2D eigenvalue weighted by Crippen LogP contribution is -2.52. The van der Waals surface area contributed by atoms with Crippen LogP contribution in [0.5, 0.6) is 5.75 Å². The molecular formula is C17H26N2O2. The number of amides is 1. The number of carbonyl (C=O) groups excluding carboxylic acids is 1. The fourth-order valence-electron chi connectivity index (χ4n) is 2.82. The van der Waals surface area contributed by atoms with Crippen LogP contribution < -0.4 is 15.8 Å². The van der Waals surface area contributed by atoms with Crippen molar-refractivity contribution in [3.05, 3.63) is 29.8 Å². The molecule has 1 saturated carbocycles. The van der Waals surface area contributed by atoms with Gasteiger partial charge in [-0.25, -0.2) is 0 Å². The van der Waals surface area contributed by atoms with Gasteiger partial charge in [0.2, 0.25) is 5.91 Å². The second-order valence-corrected chi connectivity index (χ2v) is 6.16. The number of ether oxygens (including phenoxy) is 1. The molecule has 0 spiro atoms. The van der Waals surface area contributed by atoms with Crippen LogP contribution in [0.1, 0.15) is 51.0 Å². The Hall–Kier alpha value is -1.55. The maximum Gasteiger partial charge on any atom is 0.240 e. The number of carbonyl (C=O) groups is 1. The van der Waals surface area contributed by atoms with Crippen molar-refractivity contribution >= 4 is 5.91 Å². The highest BCUT2D eigenvalue weighted by molar-refractivity contribution is 5.86. The molecule has 1 aromatic rings. The Morgan fingerprint density at radius 1 is 1.33 bits per heavy atom. The first-order chi connectivity index (χ1) is 10.0. The molecule has 116 valence electrons. The SMILES string of the molecule is CC(C)c1ccccc1OCCNC(=O)C1(N)CCCC1. The predicted molar refractivity (Wildman–Crippen MR) is 84.4 cm³/mol. The number of para-hydroxylation sites is 1. The van der Waals surface area contributed by atoms with E-state index in [2.05, 4.69) is 25.2 Å². The van der Waals surface area contributed by atoms with E-state index in [9.17, 15) is 4.79 Å². The van der Waals surface area contributed by atoms with Crippen LogP contribution in [0.25, 0.3) is 0 Å². The molecule has 0 radical (unpaired) electrons. The zero-order valence-corrected chi connectivity index (χ0v) is 13.0. The molecule has 0 saturated heterocycles. The van der Waals surface area contributed by atoms with Gasteiger partial charge in [-0.3, -0.25) is 4.79 Å². The summed E-state index contributed by atoms with van der Waals surface area (Å²) in [6.45, 7) is 5.24. The standard InChI is InChI=1S/C17H26N2O2/c1-13(2)14-7-3-4-8-15(14)21-12-11-19-16(20)17(18)9-5-6-10-17/h3-4,7-8,13H,5-6,9-12,18H2,1-2H3,(H,19,20). The minimum absolute atomic E-state index is 0.0410. The molecule has 0 unspecified atom stereocenters. The van der Waals surface area contributed by atoms with E-state index in [0.29, 0.717) is 19.1 Å². The molecule has 2 rings (SSSR count). The average molecular weight is 290 g/mol. The average Bonchev–Trinajstić information content (AvgIpc) is 2.92. The molecule has 4 heteroatoms. The Labute approximate surface area is 127 Å². The van der Waals surface area contributed by atoms with Crippen LogP contribution in [-0.4, -0.2) is 24.6 Å². The summed E-state index contributed by atoms with van der Waals surface area (Å²) in [7, 11) is 0. The summed E-state index contributed by atoms with van der Waals surface area (Å²) in [5.41, 5.74) is 6.64. The molecule has 21 heavy (non-hydrogen) atoms. The van der Waals surface area contributed by atoms with Crippen molar-refractivity contribution in [2.45, 2.75) is 51.0 Å². The summed E-state index contributed by atoms with van der Waals surface area (Å²) in [6.07, 6.45) is 3.66. The van der Waals surface area contributed by atoms with Crippen molar-refractivity contribution in [3.63, 3.8) is 0 Å². The van der Waals surface area contributed by atoms with E-state index in [1.165, 1.54) is 5.56 Å². The van der Waals surface area contributed by atoms with Gasteiger partial charge in [-0.2, -0.15) is 0 Å². The van der Waals surface area contributed by atoms with Gasteiger partial charge < -0.3 is 15.8 Å². The van der Waals surface area contributed by atoms with Gasteiger partial charge >= 0.3 is 0 Å². The third-order valence-corrected chi connectivity index (χ3v) is 4.13. The quantitative estimate of drug-likeness (QED) is 0.791. The van der Waals surface area contributed by atoms with Crippen LogP contribution in [0, 0.1) is 0 Å². The number of benzene rings is 1. The highest BCUT2D eigenvalue weighted by Crippen LogP contribution is 2.27. The lowest BCUT2D eigenvalue weighted by Gasteiger charge is -2.22. The van der Waals surface area contributed by atoms with Gasteiger partial charge in [0.1, 0.15) is 12.4 Å². The fraction of sp³-hybridized carbons (Fsp3) is 0.588. The number of nitrogens with one attached hydrogen (secondary N) is 1. The first-order valence-electron chi connectivity index (χ1n) is 7.82. The smallest absolute Gasteiger partial charge is 0.240 e. The van der Waals surface area contributed by atoms with Crippen LogP contribution in [0.3, 0.4) is 0 Å². The summed E-state index contributed by atoms with van der Waals surface area (Å²) in [4.78, 5) is 12.1. The van der Waals surface area contributed by atoms with Gasteiger partial charge in [-0.05, 0) is 30.4 Å². The topological polar surface area (TPSA) is 64.3 Å². The molecule has 0 bridgehead atoms. The van der Waals surface area contributed by atoms with E-state index in [1.54, 1.807) is 0 Å². The van der Waals surface area contributed by atoms with Gasteiger partial charge in [-0.1, -0.05) is 44.9 Å². The maximum atomic E-state index is 12.1. The van der Waals surface area contributed by atoms with Gasteiger partial charge in [0, 0.05) is 0 Å². The van der Waals surface area contributed by atoms with Gasteiger partial charge in [0.15, 0.2) is 0 Å². The maximum absolute atomic E-state index is 12.1. The molecule has 0 atom stereocenters. The lowest BCUT2D eigenvalue weighted by molar-refractivity contribution is -0.126. The molecule has 1 amide bonds. The molecule has 0 heterocycles. The molecule has 1 aliphatic carbocycles. The minimum atomic E-state index is -0.657. The Morgan fingerprint density at radius 2 is 2.00 bits per heavy atom. The van der Waals surface area contributed by atoms with Crippen molar-refractivity contribution < 1.29 is 9.53 Å². The molecule has 1 aliphatic rings. The fourth-order valence-corrected chi connectivity index (χ4v) is 2.82. The van der Waals surface area contributed by atoms with Gasteiger partial charge in [0.05, 0.1) is 12.1 Å². The van der Waals surface area contributed by atoms with E-state index in [0.717, 1.165) is 31.4 Å². The highest BCUT2D eigenvalue weighted by atomic mass is 16.5. The van der Waals surface area contributed by atoms with Crippen molar-refractivity contribution in [2.24, 2.45) is 5.73 Å². The zero-order valence-electron chi connectivity index (χ0n) is 13.0. The van der Waals surface area contributed by atoms with E-state index in [4.69, 9.17) is 10.5 Å². The van der Waals surface area contributed by atoms with Crippen molar-refractivity contribution in [1.29, 1.82) is 0 Å². The molecule has 0 aliphatic heterocycles. The lowest BCUT2D eigenvalue weighted by atomic mass is 9.98. The highest BCUT2D eigenvalue weighted by Gasteiger charge is 2.36. The van der Waals surface area contributed by atoms with Crippen LogP contribution in [0.4, 0.5) is 0 Å². The van der Waals surface area contributed by atoms with E-state index >= 15 is 0 Å². The molecule has 1 aromatic carbocycles. The minimum Gasteiger partial charge on any atom is -0.491 e. The van der Waals surface area contributed by atoms with E-state index in [1.807, 2.05) is 18.2 Å². The number of hydrogen-bond acceptors (Lipinski definition) is 3. The third kappa shape index (κ3) is 3.97. The summed E-state index contributed by atoms with van der Waals surface area (Å²) in [5.74, 6) is 1.27. The Kier molecular flexibility index (Phi) is 5.23. The second kappa shape index (κ2) is 6.94. The van der Waals surface area contributed by atoms with Crippen molar-refractivity contribution in [1.82, 2.24) is 5.32 Å². The molecule has 4 nitrogen and oxygen atoms in total. The molecule has 1 fully saturated rings. The van der Waals surface area contributed by atoms with Crippen LogP contribution in [-0.2, 0) is 4.79 Å². The Morgan fingerprint density at radius 3 is 2.67 bits per heavy atom. The van der Waals surface area contributed by atoms with Crippen molar-refractivity contribution in [3.8, 4) is 5.75 Å². The van der Waals surface area contributed by atoms with E-state index < -0.39 is 5.54 Å². The normalized spacial score (nSPS) is 17.0. The first kappa shape index (κ1) is 15.8. The van der Waals surface area contributed by atoms with Gasteiger partial charge in [-0.15, -0.1) is 0 Å². The first-order valence-corrected chi connectivity index (χ1v) is 7.82. The number of hydrogen-bond donors (Lipinski definition) is 2. The Bertz CT molecular complexity index is 479. The summed E-state index contributed by atoms with van der Waals surface area (Å²) < 4.78 is 5.79. The summed E-state index contributed by atoms with van der Waals surface area (Å²) >= 11 is 0. The van der Waals surface area contributed by atoms with E-state index in [-0.39, 0.29) is 5.91 Å². The third-order valence-electron chi connectivity index (χ3n) is 4.13. The largest absolute Gasteiger partial charge is 0.491 e. The summed E-state index contributed by atoms with van der Waals surface area (Å²) in [6, 6.07) is 8.03. The summed E-state index contributed by atoms with van der Waals surface area (Å²) in [5, 5.41) is 2.90. The van der Waals surface area contributed by atoms with Gasteiger partial charge in [0.25, 0.3) is 0 Å². The van der Waals surface area contributed by atoms with Crippen molar-refractivity contribution in [2.75, 3.05) is 13.2 Å². The van der Waals surface area contributed by atoms with Crippen LogP contribution in [0.2, 0.25) is 0 Å². The van der Waals surface area contributed by atoms with Crippen LogP contribution >= 0.6 is 0 Å². The zero-order chi connectivity index (χ0) is 15.3.